The molecule has 21 heavy (non-hydrogen) atoms. The van der Waals surface area contributed by atoms with Crippen molar-refractivity contribution in [3.63, 3.8) is 0 Å². The van der Waals surface area contributed by atoms with Gasteiger partial charge in [0.2, 0.25) is 5.91 Å². The topological polar surface area (TPSA) is 76.4 Å². The quantitative estimate of drug-likeness (QED) is 0.894. The zero-order valence-corrected chi connectivity index (χ0v) is 12.0. The molecule has 1 aromatic rings. The maximum atomic E-state index is 11.9. The lowest BCUT2D eigenvalue weighted by Gasteiger charge is -2.15. The molecule has 2 rings (SSSR count). The largest absolute Gasteiger partial charge is 0.326 e. The Morgan fingerprint density at radius 2 is 2.14 bits per heavy atom. The molecular weight excluding hydrogens is 268 g/mol. The number of rotatable bonds is 5. The fourth-order valence-electron chi connectivity index (χ4n) is 2.24. The molecule has 110 valence electrons. The van der Waals surface area contributed by atoms with E-state index in [1.807, 2.05) is 6.07 Å². The second-order valence-electron chi connectivity index (χ2n) is 5.00. The maximum absolute atomic E-state index is 11.9. The van der Waals surface area contributed by atoms with Gasteiger partial charge in [0, 0.05) is 33.1 Å². The summed E-state index contributed by atoms with van der Waals surface area (Å²) in [6.07, 6.45) is 0.938. The molecule has 6 heteroatoms. The van der Waals surface area contributed by atoms with Gasteiger partial charge in [-0.2, -0.15) is 5.26 Å². The van der Waals surface area contributed by atoms with Crippen LogP contribution < -0.4 is 5.32 Å². The first-order valence-corrected chi connectivity index (χ1v) is 6.91. The Kier molecular flexibility index (Phi) is 4.77. The predicted molar refractivity (Wildman–Crippen MR) is 78.6 cm³/mol. The fraction of sp³-hybridized carbons (Fsp3) is 0.400. The highest BCUT2D eigenvalue weighted by molar-refractivity contribution is 5.92. The summed E-state index contributed by atoms with van der Waals surface area (Å²) in [5.41, 5.74) is 0.976. The number of likely N-dealkylation sites (N-methyl/N-ethyl adjacent to an activating group) is 1. The molecule has 0 atom stereocenters. The van der Waals surface area contributed by atoms with E-state index < -0.39 is 0 Å². The van der Waals surface area contributed by atoms with Crippen molar-refractivity contribution in [3.05, 3.63) is 29.8 Å². The smallest absolute Gasteiger partial charge is 0.319 e. The van der Waals surface area contributed by atoms with Crippen molar-refractivity contribution < 1.29 is 9.59 Å². The number of benzene rings is 1. The average molecular weight is 286 g/mol. The Morgan fingerprint density at radius 3 is 2.81 bits per heavy atom. The van der Waals surface area contributed by atoms with Crippen molar-refractivity contribution >= 4 is 17.6 Å². The number of carbonyl (C=O) groups excluding carboxylic acids is 2. The summed E-state index contributed by atoms with van der Waals surface area (Å²) in [4.78, 5) is 27.0. The van der Waals surface area contributed by atoms with Gasteiger partial charge in [-0.25, -0.2) is 4.79 Å². The van der Waals surface area contributed by atoms with Crippen LogP contribution in [-0.2, 0) is 4.79 Å². The van der Waals surface area contributed by atoms with Crippen molar-refractivity contribution in [2.24, 2.45) is 0 Å². The number of hydrogen-bond donors (Lipinski definition) is 1. The van der Waals surface area contributed by atoms with E-state index in [0.29, 0.717) is 37.2 Å². The van der Waals surface area contributed by atoms with Crippen molar-refractivity contribution in [2.45, 2.75) is 12.8 Å². The molecule has 1 saturated heterocycles. The number of para-hydroxylation sites is 1. The Hall–Kier alpha value is -2.55. The molecule has 0 spiro atoms. The van der Waals surface area contributed by atoms with Gasteiger partial charge in [-0.05, 0) is 18.6 Å². The Labute approximate surface area is 123 Å². The van der Waals surface area contributed by atoms with Crippen molar-refractivity contribution in [1.82, 2.24) is 9.80 Å². The highest BCUT2D eigenvalue weighted by Gasteiger charge is 2.24. The van der Waals surface area contributed by atoms with E-state index >= 15 is 0 Å². The third-order valence-corrected chi connectivity index (χ3v) is 3.46. The molecule has 0 aliphatic carbocycles. The van der Waals surface area contributed by atoms with Crippen LogP contribution in [0.5, 0.6) is 0 Å². The van der Waals surface area contributed by atoms with Gasteiger partial charge < -0.3 is 15.1 Å². The van der Waals surface area contributed by atoms with E-state index in [1.165, 1.54) is 0 Å². The van der Waals surface area contributed by atoms with Gasteiger partial charge in [0.1, 0.15) is 6.07 Å². The first-order chi connectivity index (χ1) is 10.1. The van der Waals surface area contributed by atoms with Crippen LogP contribution in [0, 0.1) is 11.3 Å². The number of carbonyl (C=O) groups is 2. The predicted octanol–water partition coefficient (Wildman–Crippen LogP) is 1.64. The van der Waals surface area contributed by atoms with Crippen LogP contribution in [0.25, 0.3) is 0 Å². The molecule has 3 amide bonds. The van der Waals surface area contributed by atoms with Gasteiger partial charge >= 0.3 is 6.03 Å². The molecule has 1 heterocycles. The minimum Gasteiger partial charge on any atom is -0.326 e. The van der Waals surface area contributed by atoms with Gasteiger partial charge in [0.15, 0.2) is 0 Å². The zero-order chi connectivity index (χ0) is 15.2. The molecule has 0 saturated carbocycles. The van der Waals surface area contributed by atoms with Crippen LogP contribution in [0.1, 0.15) is 18.4 Å². The lowest BCUT2D eigenvalue weighted by atomic mass is 10.2. The highest BCUT2D eigenvalue weighted by Crippen LogP contribution is 2.14. The van der Waals surface area contributed by atoms with E-state index in [9.17, 15) is 9.59 Å². The maximum Gasteiger partial charge on any atom is 0.319 e. The second kappa shape index (κ2) is 6.75. The molecule has 1 aliphatic rings. The summed E-state index contributed by atoms with van der Waals surface area (Å²) in [5.74, 6) is -0.141. The van der Waals surface area contributed by atoms with Crippen LogP contribution >= 0.6 is 0 Å². The third-order valence-electron chi connectivity index (χ3n) is 3.46. The van der Waals surface area contributed by atoms with Crippen molar-refractivity contribution in [3.8, 4) is 6.07 Å². The number of amides is 3. The van der Waals surface area contributed by atoms with Crippen LogP contribution in [0.2, 0.25) is 0 Å². The first-order valence-electron chi connectivity index (χ1n) is 6.91. The number of nitrogens with zero attached hydrogens (tertiary/aromatic N) is 3. The number of urea groups is 1. The van der Waals surface area contributed by atoms with E-state index in [4.69, 9.17) is 5.26 Å². The van der Waals surface area contributed by atoms with Gasteiger partial charge in [-0.3, -0.25) is 4.79 Å². The Morgan fingerprint density at radius 1 is 1.38 bits per heavy atom. The number of hydrogen-bond acceptors (Lipinski definition) is 3. The van der Waals surface area contributed by atoms with E-state index in [1.54, 1.807) is 41.1 Å². The monoisotopic (exact) mass is 286 g/mol. The van der Waals surface area contributed by atoms with Gasteiger partial charge in [0.25, 0.3) is 0 Å². The third kappa shape index (κ3) is 3.72. The minimum absolute atomic E-state index is 0.0187. The summed E-state index contributed by atoms with van der Waals surface area (Å²) in [6, 6.07) is 8.95. The lowest BCUT2D eigenvalue weighted by Crippen LogP contribution is -2.30. The number of nitriles is 1. The van der Waals surface area contributed by atoms with Crippen LogP contribution in [0.4, 0.5) is 10.5 Å². The lowest BCUT2D eigenvalue weighted by molar-refractivity contribution is -0.116. The first kappa shape index (κ1) is 14.9. The van der Waals surface area contributed by atoms with Crippen LogP contribution in [0.3, 0.4) is 0 Å². The second-order valence-corrected chi connectivity index (χ2v) is 5.00. The standard InChI is InChI=1S/C15H18N4O2/c1-18-9-10-19(15(18)21)8-4-7-14(20)17-13-6-3-2-5-12(13)11-16/h2-3,5-6H,4,7-10H2,1H3,(H,17,20). The van der Waals surface area contributed by atoms with E-state index in [2.05, 4.69) is 5.32 Å². The molecule has 0 bridgehead atoms. The van der Waals surface area contributed by atoms with Crippen molar-refractivity contribution in [2.75, 3.05) is 32.0 Å². The molecule has 0 aromatic heterocycles. The number of anilines is 1. The van der Waals surface area contributed by atoms with Gasteiger partial charge in [-0.15, -0.1) is 0 Å². The van der Waals surface area contributed by atoms with Gasteiger partial charge in [-0.1, -0.05) is 12.1 Å². The van der Waals surface area contributed by atoms with Crippen LogP contribution in [-0.4, -0.2) is 48.4 Å². The van der Waals surface area contributed by atoms with E-state index in [-0.39, 0.29) is 11.9 Å². The fourth-order valence-corrected chi connectivity index (χ4v) is 2.24. The molecule has 1 aliphatic heterocycles. The van der Waals surface area contributed by atoms with E-state index in [0.717, 1.165) is 6.54 Å². The summed E-state index contributed by atoms with van der Waals surface area (Å²) in [6.45, 7) is 2.03. The normalized spacial score (nSPS) is 14.2. The molecule has 0 radical (unpaired) electrons. The Bertz CT molecular complexity index is 579. The van der Waals surface area contributed by atoms with Gasteiger partial charge in [0.05, 0.1) is 11.3 Å². The summed E-state index contributed by atoms with van der Waals surface area (Å²) >= 11 is 0. The number of nitrogens with one attached hydrogen (secondary N) is 1. The molecule has 1 N–H and O–H groups in total. The highest BCUT2D eigenvalue weighted by atomic mass is 16.2. The van der Waals surface area contributed by atoms with Crippen molar-refractivity contribution in [1.29, 1.82) is 5.26 Å². The average Bonchev–Trinajstić information content (AvgIpc) is 2.80. The summed E-state index contributed by atoms with van der Waals surface area (Å²) < 4.78 is 0. The Balaban J connectivity index is 1.78. The molecular formula is C15H18N4O2. The SMILES string of the molecule is CN1CCN(CCCC(=O)Nc2ccccc2C#N)C1=O. The zero-order valence-electron chi connectivity index (χ0n) is 12.0. The molecule has 0 unspecified atom stereocenters. The molecule has 1 fully saturated rings. The van der Waals surface area contributed by atoms with Crippen LogP contribution in [0.15, 0.2) is 24.3 Å². The molecule has 1 aromatic carbocycles. The minimum atomic E-state index is -0.141. The molecule has 6 nitrogen and oxygen atoms in total. The summed E-state index contributed by atoms with van der Waals surface area (Å²) in [5, 5.41) is 11.7. The summed E-state index contributed by atoms with van der Waals surface area (Å²) in [7, 11) is 1.77.